The Morgan fingerprint density at radius 3 is 2.56 bits per heavy atom. The Balaban J connectivity index is 1.81. The molecule has 1 aliphatic heterocycles. The van der Waals surface area contributed by atoms with Gasteiger partial charge in [-0.3, -0.25) is 14.5 Å². The lowest BCUT2D eigenvalue weighted by molar-refractivity contribution is -0.175. The molecule has 7 nitrogen and oxygen atoms in total. The number of ether oxygens (including phenoxy) is 1. The second kappa shape index (κ2) is 7.59. The van der Waals surface area contributed by atoms with Crippen molar-refractivity contribution in [2.24, 2.45) is 0 Å². The molecule has 1 atom stereocenters. The number of nitrogens with zero attached hydrogens (tertiary/aromatic N) is 1. The van der Waals surface area contributed by atoms with E-state index in [1.165, 1.54) is 6.92 Å². The number of carbonyl (C=O) groups excluding carboxylic acids is 3. The summed E-state index contributed by atoms with van der Waals surface area (Å²) in [5.74, 6) is -1.03. The molecule has 0 radical (unpaired) electrons. The molecule has 0 aromatic carbocycles. The van der Waals surface area contributed by atoms with E-state index in [-0.39, 0.29) is 6.61 Å². The maximum atomic E-state index is 12.5. The van der Waals surface area contributed by atoms with Gasteiger partial charge in [-0.15, -0.1) is 0 Å². The predicted molar refractivity (Wildman–Crippen MR) is 80.5 cm³/mol. The summed E-state index contributed by atoms with van der Waals surface area (Å²) in [7, 11) is 0. The average Bonchev–Trinajstić information content (AvgIpc) is 2.71. The van der Waals surface area contributed by atoms with E-state index in [9.17, 15) is 27.6 Å². The molecule has 1 heterocycles. The summed E-state index contributed by atoms with van der Waals surface area (Å²) in [4.78, 5) is 37.4. The second-order valence-corrected chi connectivity index (χ2v) is 6.56. The third-order valence-electron chi connectivity index (χ3n) is 4.30. The summed E-state index contributed by atoms with van der Waals surface area (Å²) < 4.78 is 40.5. The van der Waals surface area contributed by atoms with Crippen molar-refractivity contribution in [2.75, 3.05) is 19.8 Å². The monoisotopic (exact) mass is 365 g/mol. The minimum absolute atomic E-state index is 0.324. The van der Waals surface area contributed by atoms with E-state index in [0.29, 0.717) is 12.8 Å². The fourth-order valence-corrected chi connectivity index (χ4v) is 3.17. The van der Waals surface area contributed by atoms with Gasteiger partial charge in [0.15, 0.2) is 0 Å². The van der Waals surface area contributed by atoms with E-state index in [1.54, 1.807) is 0 Å². The molecule has 0 aromatic heterocycles. The van der Waals surface area contributed by atoms with Crippen LogP contribution in [-0.4, -0.2) is 60.3 Å². The van der Waals surface area contributed by atoms with Crippen LogP contribution in [0.15, 0.2) is 0 Å². The van der Waals surface area contributed by atoms with Crippen molar-refractivity contribution in [2.45, 2.75) is 56.8 Å². The van der Waals surface area contributed by atoms with Crippen molar-refractivity contribution in [3.8, 4) is 0 Å². The Labute approximate surface area is 143 Å². The van der Waals surface area contributed by atoms with E-state index in [4.69, 9.17) is 0 Å². The van der Waals surface area contributed by atoms with Crippen LogP contribution in [0.25, 0.3) is 0 Å². The molecule has 2 N–H and O–H groups in total. The SMILES string of the molecule is CC(COCC(F)(F)F)NC(=O)CN1C(=O)NC2(CCCCC2)C1=O. The normalized spacial score (nSPS) is 21.4. The molecule has 2 rings (SSSR count). The highest BCUT2D eigenvalue weighted by Crippen LogP contribution is 2.33. The van der Waals surface area contributed by atoms with Gasteiger partial charge in [0.25, 0.3) is 5.91 Å². The fourth-order valence-electron chi connectivity index (χ4n) is 3.17. The molecule has 142 valence electrons. The summed E-state index contributed by atoms with van der Waals surface area (Å²) in [6, 6.07) is -1.29. The van der Waals surface area contributed by atoms with Crippen molar-refractivity contribution >= 4 is 17.8 Å². The number of hydrogen-bond acceptors (Lipinski definition) is 4. The molecular weight excluding hydrogens is 343 g/mol. The highest BCUT2D eigenvalue weighted by molar-refractivity contribution is 6.09. The van der Waals surface area contributed by atoms with Gasteiger partial charge in [-0.2, -0.15) is 13.2 Å². The molecule has 1 unspecified atom stereocenters. The number of nitrogens with one attached hydrogen (secondary N) is 2. The van der Waals surface area contributed by atoms with Crippen LogP contribution in [0.2, 0.25) is 0 Å². The minimum Gasteiger partial charge on any atom is -0.370 e. The zero-order valence-electron chi connectivity index (χ0n) is 13.9. The highest BCUT2D eigenvalue weighted by Gasteiger charge is 2.51. The Hall–Kier alpha value is -1.84. The quantitative estimate of drug-likeness (QED) is 0.695. The van der Waals surface area contributed by atoms with Gasteiger partial charge in [-0.1, -0.05) is 19.3 Å². The number of imide groups is 1. The van der Waals surface area contributed by atoms with E-state index in [2.05, 4.69) is 15.4 Å². The van der Waals surface area contributed by atoms with Crippen molar-refractivity contribution in [3.05, 3.63) is 0 Å². The van der Waals surface area contributed by atoms with Gasteiger partial charge in [0.1, 0.15) is 18.7 Å². The molecule has 4 amide bonds. The molecule has 1 aliphatic carbocycles. The molecule has 1 spiro atoms. The van der Waals surface area contributed by atoms with E-state index < -0.39 is 48.8 Å². The molecule has 25 heavy (non-hydrogen) atoms. The number of hydrogen-bond donors (Lipinski definition) is 2. The lowest BCUT2D eigenvalue weighted by atomic mass is 9.82. The number of urea groups is 1. The Kier molecular flexibility index (Phi) is 5.91. The number of amides is 4. The van der Waals surface area contributed by atoms with Crippen molar-refractivity contribution in [1.29, 1.82) is 0 Å². The zero-order valence-corrected chi connectivity index (χ0v) is 13.9. The Morgan fingerprint density at radius 2 is 1.96 bits per heavy atom. The zero-order chi connectivity index (χ0) is 18.7. The predicted octanol–water partition coefficient (Wildman–Crippen LogP) is 1.32. The smallest absolute Gasteiger partial charge is 0.370 e. The van der Waals surface area contributed by atoms with Gasteiger partial charge in [-0.05, 0) is 19.8 Å². The standard InChI is InChI=1S/C15H22F3N3O4/c1-10(8-25-9-15(16,17)18)19-11(22)7-21-12(23)14(20-13(21)24)5-3-2-4-6-14/h10H,2-9H2,1H3,(H,19,22)(H,20,24). The van der Waals surface area contributed by atoms with Crippen LogP contribution in [0, 0.1) is 0 Å². The second-order valence-electron chi connectivity index (χ2n) is 6.56. The minimum atomic E-state index is -4.43. The first kappa shape index (κ1) is 19.5. The van der Waals surface area contributed by atoms with E-state index >= 15 is 0 Å². The van der Waals surface area contributed by atoms with E-state index in [1.807, 2.05) is 0 Å². The van der Waals surface area contributed by atoms with Gasteiger partial charge in [-0.25, -0.2) is 4.79 Å². The summed E-state index contributed by atoms with van der Waals surface area (Å²) >= 11 is 0. The topological polar surface area (TPSA) is 87.7 Å². The molecular formula is C15H22F3N3O4. The number of carbonyl (C=O) groups is 3. The molecule has 1 saturated carbocycles. The van der Waals surface area contributed by atoms with Crippen LogP contribution in [-0.2, 0) is 14.3 Å². The lowest BCUT2D eigenvalue weighted by Crippen LogP contribution is -2.49. The molecule has 0 aromatic rings. The van der Waals surface area contributed by atoms with Gasteiger partial charge < -0.3 is 15.4 Å². The summed E-state index contributed by atoms with van der Waals surface area (Å²) in [5.41, 5.74) is -0.906. The molecule has 1 saturated heterocycles. The Bertz CT molecular complexity index is 533. The summed E-state index contributed by atoms with van der Waals surface area (Å²) in [6.07, 6.45) is -0.660. The Morgan fingerprint density at radius 1 is 1.32 bits per heavy atom. The van der Waals surface area contributed by atoms with Crippen LogP contribution in [0.1, 0.15) is 39.0 Å². The summed E-state index contributed by atoms with van der Waals surface area (Å²) in [6.45, 7) is -0.711. The first-order valence-corrected chi connectivity index (χ1v) is 8.21. The van der Waals surface area contributed by atoms with E-state index in [0.717, 1.165) is 24.2 Å². The van der Waals surface area contributed by atoms with Gasteiger partial charge in [0, 0.05) is 6.04 Å². The first-order chi connectivity index (χ1) is 11.6. The van der Waals surface area contributed by atoms with Crippen molar-refractivity contribution in [3.63, 3.8) is 0 Å². The van der Waals surface area contributed by atoms with Crippen LogP contribution in [0.5, 0.6) is 0 Å². The fraction of sp³-hybridized carbons (Fsp3) is 0.800. The molecule has 10 heteroatoms. The molecule has 0 bridgehead atoms. The van der Waals surface area contributed by atoms with Crippen LogP contribution >= 0.6 is 0 Å². The van der Waals surface area contributed by atoms with Crippen molar-refractivity contribution < 1.29 is 32.3 Å². The first-order valence-electron chi connectivity index (χ1n) is 8.21. The number of alkyl halides is 3. The van der Waals surface area contributed by atoms with Crippen LogP contribution in [0.3, 0.4) is 0 Å². The third-order valence-corrected chi connectivity index (χ3v) is 4.30. The number of rotatable bonds is 6. The maximum Gasteiger partial charge on any atom is 0.411 e. The number of halogens is 3. The molecule has 2 fully saturated rings. The van der Waals surface area contributed by atoms with Crippen molar-refractivity contribution in [1.82, 2.24) is 15.5 Å². The van der Waals surface area contributed by atoms with Gasteiger partial charge >= 0.3 is 12.2 Å². The van der Waals surface area contributed by atoms with Gasteiger partial charge in [0.05, 0.1) is 6.61 Å². The molecule has 2 aliphatic rings. The average molecular weight is 365 g/mol. The maximum absolute atomic E-state index is 12.5. The van der Waals surface area contributed by atoms with Crippen LogP contribution in [0.4, 0.5) is 18.0 Å². The summed E-state index contributed by atoms with van der Waals surface area (Å²) in [5, 5.41) is 5.11. The third kappa shape index (κ3) is 5.07. The van der Waals surface area contributed by atoms with Crippen LogP contribution < -0.4 is 10.6 Å². The largest absolute Gasteiger partial charge is 0.411 e. The van der Waals surface area contributed by atoms with Gasteiger partial charge in [0.2, 0.25) is 5.91 Å². The lowest BCUT2D eigenvalue weighted by Gasteiger charge is -2.30. The highest BCUT2D eigenvalue weighted by atomic mass is 19.4.